The predicted molar refractivity (Wildman–Crippen MR) is 117 cm³/mol. The summed E-state index contributed by atoms with van der Waals surface area (Å²) in [5, 5.41) is 21.9. The van der Waals surface area contributed by atoms with Crippen LogP contribution in [-0.2, 0) is 9.53 Å². The van der Waals surface area contributed by atoms with Gasteiger partial charge in [-0.3, -0.25) is 4.90 Å². The Morgan fingerprint density at radius 1 is 1.10 bits per heavy atom. The van der Waals surface area contributed by atoms with Crippen molar-refractivity contribution in [2.45, 2.75) is 50.3 Å². The Morgan fingerprint density at radius 2 is 1.97 bits per heavy atom. The molecule has 5 rings (SSSR count). The van der Waals surface area contributed by atoms with Gasteiger partial charge in [-0.25, -0.2) is 4.79 Å². The van der Waals surface area contributed by atoms with E-state index >= 15 is 0 Å². The van der Waals surface area contributed by atoms with Gasteiger partial charge in [0.1, 0.15) is 11.9 Å². The Labute approximate surface area is 181 Å². The molecule has 0 spiro atoms. The number of hydrogen-bond donors (Lipinski definition) is 2. The fourth-order valence-electron chi connectivity index (χ4n) is 5.41. The molecule has 2 aromatic rings. The van der Waals surface area contributed by atoms with Crippen molar-refractivity contribution in [2.75, 3.05) is 13.7 Å². The number of hydrogen-bond acceptors (Lipinski definition) is 6. The summed E-state index contributed by atoms with van der Waals surface area (Å²) in [5.41, 5.74) is 2.76. The molecule has 31 heavy (non-hydrogen) atoms. The lowest BCUT2D eigenvalue weighted by atomic mass is 9.81. The van der Waals surface area contributed by atoms with E-state index in [9.17, 15) is 15.0 Å². The quantitative estimate of drug-likeness (QED) is 0.665. The van der Waals surface area contributed by atoms with Crippen LogP contribution in [0.1, 0.15) is 49.3 Å². The summed E-state index contributed by atoms with van der Waals surface area (Å²) in [6.45, 7) is 0.966. The lowest BCUT2D eigenvalue weighted by molar-refractivity contribution is -0.148. The minimum atomic E-state index is -0.346. The second kappa shape index (κ2) is 7.93. The number of rotatable bonds is 1. The molecule has 2 fully saturated rings. The van der Waals surface area contributed by atoms with E-state index in [-0.39, 0.29) is 29.6 Å². The first-order valence-corrected chi connectivity index (χ1v) is 10.9. The van der Waals surface area contributed by atoms with Crippen LogP contribution in [0.4, 0.5) is 0 Å². The molecule has 3 atom stereocenters. The second-order valence-electron chi connectivity index (χ2n) is 8.62. The van der Waals surface area contributed by atoms with Crippen molar-refractivity contribution in [2.24, 2.45) is 0 Å². The summed E-state index contributed by atoms with van der Waals surface area (Å²) in [6.07, 6.45) is 7.75. The van der Waals surface area contributed by atoms with E-state index in [1.165, 1.54) is 13.2 Å². The van der Waals surface area contributed by atoms with Crippen molar-refractivity contribution >= 4 is 12.0 Å². The van der Waals surface area contributed by atoms with E-state index in [2.05, 4.69) is 4.90 Å². The van der Waals surface area contributed by atoms with Gasteiger partial charge in [0.2, 0.25) is 0 Å². The van der Waals surface area contributed by atoms with E-state index in [1.807, 2.05) is 6.07 Å². The van der Waals surface area contributed by atoms with Crippen LogP contribution in [0.15, 0.2) is 36.4 Å². The maximum atomic E-state index is 12.5. The number of esters is 1. The van der Waals surface area contributed by atoms with Crippen LogP contribution in [0.3, 0.4) is 0 Å². The van der Waals surface area contributed by atoms with Crippen LogP contribution in [-0.4, -0.2) is 46.9 Å². The van der Waals surface area contributed by atoms with E-state index < -0.39 is 0 Å². The monoisotopic (exact) mass is 421 g/mol. The first-order valence-electron chi connectivity index (χ1n) is 10.9. The van der Waals surface area contributed by atoms with Crippen LogP contribution >= 0.6 is 0 Å². The van der Waals surface area contributed by atoms with Crippen molar-refractivity contribution in [3.63, 3.8) is 0 Å². The molecule has 0 saturated carbocycles. The molecule has 162 valence electrons. The van der Waals surface area contributed by atoms with Gasteiger partial charge < -0.3 is 19.7 Å². The number of phenols is 2. The van der Waals surface area contributed by atoms with Crippen molar-refractivity contribution in [3.8, 4) is 28.4 Å². The van der Waals surface area contributed by atoms with Crippen LogP contribution in [0, 0.1) is 0 Å². The highest BCUT2D eigenvalue weighted by molar-refractivity contribution is 5.88. The smallest absolute Gasteiger partial charge is 0.331 e. The fourth-order valence-corrected chi connectivity index (χ4v) is 5.41. The van der Waals surface area contributed by atoms with Gasteiger partial charge in [0.25, 0.3) is 0 Å². The maximum absolute atomic E-state index is 12.5. The van der Waals surface area contributed by atoms with Gasteiger partial charge in [-0.15, -0.1) is 0 Å². The van der Waals surface area contributed by atoms with Crippen LogP contribution in [0.25, 0.3) is 17.2 Å². The average Bonchev–Trinajstić information content (AvgIpc) is 2.77. The minimum absolute atomic E-state index is 0.0150. The third-order valence-corrected chi connectivity index (χ3v) is 6.83. The molecule has 0 radical (unpaired) electrons. The molecule has 2 N–H and O–H groups in total. The SMILES string of the molecule is COc1ccc2c(c1O)-c1cc(ccc1O)C=CC(=O)OC1CC3CCCCN3C2C1. The van der Waals surface area contributed by atoms with Gasteiger partial charge in [0.05, 0.1) is 7.11 Å². The Balaban J connectivity index is 1.76. The molecule has 4 bridgehead atoms. The van der Waals surface area contributed by atoms with Gasteiger partial charge in [-0.1, -0.05) is 18.6 Å². The van der Waals surface area contributed by atoms with Crippen LogP contribution < -0.4 is 4.74 Å². The van der Waals surface area contributed by atoms with Crippen molar-refractivity contribution in [1.29, 1.82) is 0 Å². The summed E-state index contributed by atoms with van der Waals surface area (Å²) >= 11 is 0. The first-order chi connectivity index (χ1) is 15.0. The Bertz CT molecular complexity index is 1050. The zero-order chi connectivity index (χ0) is 21.5. The van der Waals surface area contributed by atoms with Gasteiger partial charge >= 0.3 is 5.97 Å². The largest absolute Gasteiger partial charge is 0.507 e. The number of benzene rings is 2. The number of carbonyl (C=O) groups excluding carboxylic acids is 1. The number of piperidine rings is 2. The summed E-state index contributed by atoms with van der Waals surface area (Å²) in [6, 6.07) is 9.14. The lowest BCUT2D eigenvalue weighted by Gasteiger charge is -2.48. The fraction of sp³-hybridized carbons (Fsp3) is 0.400. The summed E-state index contributed by atoms with van der Waals surface area (Å²) in [4.78, 5) is 15.0. The predicted octanol–water partition coefficient (Wildman–Crippen LogP) is 4.40. The molecule has 0 aliphatic carbocycles. The van der Waals surface area contributed by atoms with Crippen molar-refractivity contribution in [1.82, 2.24) is 4.90 Å². The Morgan fingerprint density at radius 3 is 2.81 bits per heavy atom. The zero-order valence-electron chi connectivity index (χ0n) is 17.6. The summed E-state index contributed by atoms with van der Waals surface area (Å²) in [5.74, 6) is 0.103. The molecule has 3 aliphatic heterocycles. The average molecular weight is 421 g/mol. The van der Waals surface area contributed by atoms with Gasteiger partial charge in [0.15, 0.2) is 11.5 Å². The normalized spacial score (nSPS) is 25.5. The highest BCUT2D eigenvalue weighted by Crippen LogP contribution is 2.49. The zero-order valence-corrected chi connectivity index (χ0v) is 17.6. The number of aromatic hydroxyl groups is 2. The van der Waals surface area contributed by atoms with Crippen molar-refractivity contribution < 1.29 is 24.5 Å². The molecular weight excluding hydrogens is 394 g/mol. The number of phenolic OH excluding ortho intramolecular Hbond substituents is 2. The number of methoxy groups -OCH3 is 1. The number of nitrogens with zero attached hydrogens (tertiary/aromatic N) is 1. The van der Waals surface area contributed by atoms with Gasteiger partial charge in [0, 0.05) is 42.1 Å². The minimum Gasteiger partial charge on any atom is -0.507 e. The molecule has 3 heterocycles. The third kappa shape index (κ3) is 3.55. The molecule has 3 unspecified atom stereocenters. The van der Waals surface area contributed by atoms with Crippen LogP contribution in [0.2, 0.25) is 0 Å². The molecule has 2 aromatic carbocycles. The molecule has 6 nitrogen and oxygen atoms in total. The van der Waals surface area contributed by atoms with E-state index in [0.29, 0.717) is 29.3 Å². The molecule has 3 aliphatic rings. The molecular formula is C25H27NO5. The van der Waals surface area contributed by atoms with Gasteiger partial charge in [-0.2, -0.15) is 0 Å². The highest BCUT2D eigenvalue weighted by atomic mass is 16.5. The Hall–Kier alpha value is -2.99. The molecule has 2 saturated heterocycles. The number of ether oxygens (including phenoxy) is 2. The number of carbonyl (C=O) groups is 1. The number of fused-ring (bicyclic) bond motifs is 9. The standard InChI is InChI=1S/C25H27NO5/c1-30-22-9-7-18-20-14-17(13-16-4-2-3-11-26(16)20)31-23(28)10-6-15-5-8-21(27)19(12-15)24(18)25(22)29/h5-10,12,16-17,20,27,29H,2-4,11,13-14H2,1H3. The van der Waals surface area contributed by atoms with E-state index in [4.69, 9.17) is 9.47 Å². The summed E-state index contributed by atoms with van der Waals surface area (Å²) in [7, 11) is 1.52. The van der Waals surface area contributed by atoms with Crippen LogP contribution in [0.5, 0.6) is 17.2 Å². The van der Waals surface area contributed by atoms with E-state index in [1.54, 1.807) is 30.3 Å². The first kappa shape index (κ1) is 19.9. The topological polar surface area (TPSA) is 79.2 Å². The molecule has 0 amide bonds. The van der Waals surface area contributed by atoms with E-state index in [0.717, 1.165) is 43.4 Å². The van der Waals surface area contributed by atoms with Crippen molar-refractivity contribution in [3.05, 3.63) is 47.5 Å². The lowest BCUT2D eigenvalue weighted by Crippen LogP contribution is -2.49. The van der Waals surface area contributed by atoms with Gasteiger partial charge in [-0.05, 0) is 54.8 Å². The second-order valence-corrected chi connectivity index (χ2v) is 8.62. The molecule has 6 heteroatoms. The third-order valence-electron chi connectivity index (χ3n) is 6.83. The molecule has 0 aromatic heterocycles. The summed E-state index contributed by atoms with van der Waals surface area (Å²) < 4.78 is 11.2. The maximum Gasteiger partial charge on any atom is 0.331 e. The Kier molecular flexibility index (Phi) is 5.10. The highest BCUT2D eigenvalue weighted by Gasteiger charge is 2.40.